The Labute approximate surface area is 104 Å². The number of hydrogen-bond acceptors (Lipinski definition) is 1. The van der Waals surface area contributed by atoms with Gasteiger partial charge in [0.2, 0.25) is 0 Å². The fourth-order valence-corrected chi connectivity index (χ4v) is 2.55. The second kappa shape index (κ2) is 3.60. The van der Waals surface area contributed by atoms with Gasteiger partial charge in [-0.2, -0.15) is 5.26 Å². The van der Waals surface area contributed by atoms with Gasteiger partial charge in [-0.1, -0.05) is 45.9 Å². The Kier molecular flexibility index (Phi) is 2.58. The third-order valence-electron chi connectivity index (χ3n) is 4.11. The Bertz CT molecular complexity index is 487. The highest BCUT2D eigenvalue weighted by atomic mass is 14.6. The van der Waals surface area contributed by atoms with Gasteiger partial charge in [0.1, 0.15) is 0 Å². The van der Waals surface area contributed by atoms with Gasteiger partial charge in [-0.3, -0.25) is 0 Å². The van der Waals surface area contributed by atoms with Crippen molar-refractivity contribution < 1.29 is 0 Å². The van der Waals surface area contributed by atoms with Crippen LogP contribution in [0, 0.1) is 24.2 Å². The van der Waals surface area contributed by atoms with Gasteiger partial charge >= 0.3 is 0 Å². The lowest BCUT2D eigenvalue weighted by Gasteiger charge is -2.23. The van der Waals surface area contributed by atoms with E-state index >= 15 is 0 Å². The Morgan fingerprint density at radius 1 is 1.35 bits per heavy atom. The van der Waals surface area contributed by atoms with Gasteiger partial charge in [0.15, 0.2) is 0 Å². The summed E-state index contributed by atoms with van der Waals surface area (Å²) in [5, 5.41) is 9.07. The molecule has 2 atom stereocenters. The van der Waals surface area contributed by atoms with Crippen LogP contribution in [0.2, 0.25) is 0 Å². The maximum absolute atomic E-state index is 9.07. The Hall–Kier alpha value is -1.29. The SMILES string of the molecule is Cc1ccc(C(C)(C)C)cc1C1(C)CC1C#N. The lowest BCUT2D eigenvalue weighted by molar-refractivity contribution is 0.586. The van der Waals surface area contributed by atoms with Crippen molar-refractivity contribution in [3.05, 3.63) is 34.9 Å². The molecule has 0 aromatic heterocycles. The fraction of sp³-hybridized carbons (Fsp3) is 0.562. The number of benzene rings is 1. The highest BCUT2D eigenvalue weighted by molar-refractivity contribution is 5.44. The van der Waals surface area contributed by atoms with Crippen molar-refractivity contribution in [2.24, 2.45) is 5.92 Å². The molecule has 1 nitrogen and oxygen atoms in total. The first kappa shape index (κ1) is 12.2. The van der Waals surface area contributed by atoms with Crippen LogP contribution in [0.4, 0.5) is 0 Å². The van der Waals surface area contributed by atoms with Crippen LogP contribution in [0.5, 0.6) is 0 Å². The first-order chi connectivity index (χ1) is 7.79. The summed E-state index contributed by atoms with van der Waals surface area (Å²) < 4.78 is 0. The molecule has 2 unspecified atom stereocenters. The molecule has 0 saturated heterocycles. The Balaban J connectivity index is 2.46. The van der Waals surface area contributed by atoms with Crippen molar-refractivity contribution in [3.8, 4) is 6.07 Å². The van der Waals surface area contributed by atoms with Crippen molar-refractivity contribution >= 4 is 0 Å². The topological polar surface area (TPSA) is 23.8 Å². The van der Waals surface area contributed by atoms with E-state index in [1.54, 1.807) is 0 Å². The molecular formula is C16H21N. The average Bonchev–Trinajstić information content (AvgIpc) is 2.89. The predicted octanol–water partition coefficient (Wildman–Crippen LogP) is 4.09. The largest absolute Gasteiger partial charge is 0.198 e. The number of aryl methyl sites for hydroxylation is 1. The van der Waals surface area contributed by atoms with E-state index in [1.165, 1.54) is 16.7 Å². The molecule has 1 fully saturated rings. The molecule has 1 aliphatic rings. The molecule has 0 aliphatic heterocycles. The summed E-state index contributed by atoms with van der Waals surface area (Å²) in [7, 11) is 0. The lowest BCUT2D eigenvalue weighted by atomic mass is 9.82. The summed E-state index contributed by atoms with van der Waals surface area (Å²) in [4.78, 5) is 0. The van der Waals surface area contributed by atoms with E-state index < -0.39 is 0 Å². The maximum atomic E-state index is 9.07. The maximum Gasteiger partial charge on any atom is 0.0665 e. The lowest BCUT2D eigenvalue weighted by Crippen LogP contribution is -2.14. The molecular weight excluding hydrogens is 206 g/mol. The Morgan fingerprint density at radius 2 is 2.00 bits per heavy atom. The van der Waals surface area contributed by atoms with Crippen LogP contribution >= 0.6 is 0 Å². The molecule has 17 heavy (non-hydrogen) atoms. The monoisotopic (exact) mass is 227 g/mol. The zero-order chi connectivity index (χ0) is 12.8. The summed E-state index contributed by atoms with van der Waals surface area (Å²) >= 11 is 0. The van der Waals surface area contributed by atoms with E-state index in [4.69, 9.17) is 5.26 Å². The summed E-state index contributed by atoms with van der Waals surface area (Å²) in [6.45, 7) is 11.1. The molecule has 1 aromatic rings. The first-order valence-corrected chi connectivity index (χ1v) is 6.30. The molecule has 0 amide bonds. The number of rotatable bonds is 1. The van der Waals surface area contributed by atoms with E-state index in [1.807, 2.05) is 0 Å². The minimum absolute atomic E-state index is 0.0973. The third-order valence-corrected chi connectivity index (χ3v) is 4.11. The minimum atomic E-state index is 0.0973. The Morgan fingerprint density at radius 3 is 2.47 bits per heavy atom. The molecule has 2 rings (SSSR count). The van der Waals surface area contributed by atoms with Crippen molar-refractivity contribution in [3.63, 3.8) is 0 Å². The number of nitrogens with zero attached hydrogens (tertiary/aromatic N) is 1. The van der Waals surface area contributed by atoms with E-state index in [2.05, 4.69) is 58.9 Å². The fourth-order valence-electron chi connectivity index (χ4n) is 2.55. The van der Waals surface area contributed by atoms with Gasteiger partial charge in [0.05, 0.1) is 12.0 Å². The second-order valence-electron chi connectivity index (χ2n) is 6.58. The molecule has 1 aliphatic carbocycles. The van der Waals surface area contributed by atoms with Crippen LogP contribution in [0.3, 0.4) is 0 Å². The van der Waals surface area contributed by atoms with Gasteiger partial charge in [-0.05, 0) is 35.4 Å². The first-order valence-electron chi connectivity index (χ1n) is 6.30. The van der Waals surface area contributed by atoms with Crippen LogP contribution in [-0.2, 0) is 10.8 Å². The average molecular weight is 227 g/mol. The number of hydrogen-bond donors (Lipinski definition) is 0. The van der Waals surface area contributed by atoms with Gasteiger partial charge in [-0.25, -0.2) is 0 Å². The highest BCUT2D eigenvalue weighted by Gasteiger charge is 2.52. The van der Waals surface area contributed by atoms with Crippen molar-refractivity contribution in [1.82, 2.24) is 0 Å². The van der Waals surface area contributed by atoms with Gasteiger partial charge < -0.3 is 0 Å². The normalized spacial score (nSPS) is 27.6. The van der Waals surface area contributed by atoms with Gasteiger partial charge in [0.25, 0.3) is 0 Å². The minimum Gasteiger partial charge on any atom is -0.198 e. The molecule has 90 valence electrons. The quantitative estimate of drug-likeness (QED) is 0.708. The smallest absolute Gasteiger partial charge is 0.0665 e. The zero-order valence-corrected chi connectivity index (χ0v) is 11.5. The summed E-state index contributed by atoms with van der Waals surface area (Å²) in [5.41, 5.74) is 4.33. The van der Waals surface area contributed by atoms with Crippen LogP contribution in [0.15, 0.2) is 18.2 Å². The third kappa shape index (κ3) is 1.97. The molecule has 0 radical (unpaired) electrons. The molecule has 0 bridgehead atoms. The molecule has 1 saturated carbocycles. The van der Waals surface area contributed by atoms with Crippen LogP contribution in [0.1, 0.15) is 50.8 Å². The van der Waals surface area contributed by atoms with Crippen LogP contribution in [-0.4, -0.2) is 0 Å². The molecule has 1 aromatic carbocycles. The summed E-state index contributed by atoms with van der Waals surface area (Å²) in [6, 6.07) is 9.14. The van der Waals surface area contributed by atoms with Crippen molar-refractivity contribution in [2.45, 2.75) is 51.9 Å². The highest BCUT2D eigenvalue weighted by Crippen LogP contribution is 2.54. The summed E-state index contributed by atoms with van der Waals surface area (Å²) in [5.74, 6) is 0.205. The van der Waals surface area contributed by atoms with Crippen molar-refractivity contribution in [1.29, 1.82) is 5.26 Å². The van der Waals surface area contributed by atoms with E-state index in [0.717, 1.165) is 6.42 Å². The van der Waals surface area contributed by atoms with Gasteiger partial charge in [-0.15, -0.1) is 0 Å². The predicted molar refractivity (Wildman–Crippen MR) is 71.0 cm³/mol. The second-order valence-corrected chi connectivity index (χ2v) is 6.58. The van der Waals surface area contributed by atoms with Crippen LogP contribution < -0.4 is 0 Å². The molecule has 0 N–H and O–H groups in total. The number of nitriles is 1. The van der Waals surface area contributed by atoms with Crippen LogP contribution in [0.25, 0.3) is 0 Å². The van der Waals surface area contributed by atoms with Gasteiger partial charge in [0, 0.05) is 5.41 Å². The summed E-state index contributed by atoms with van der Waals surface area (Å²) in [6.07, 6.45) is 1.01. The van der Waals surface area contributed by atoms with Crippen molar-refractivity contribution in [2.75, 3.05) is 0 Å². The molecule has 1 heteroatoms. The molecule has 0 spiro atoms. The van der Waals surface area contributed by atoms with E-state index in [0.29, 0.717) is 0 Å². The zero-order valence-electron chi connectivity index (χ0n) is 11.5. The van der Waals surface area contributed by atoms with E-state index in [9.17, 15) is 0 Å². The molecule has 0 heterocycles. The van der Waals surface area contributed by atoms with E-state index in [-0.39, 0.29) is 16.7 Å². The standard InChI is InChI=1S/C16H21N/c1-11-6-7-12(15(2,3)4)8-14(11)16(5)9-13(16)10-17/h6-8,13H,9H2,1-5H3.